The van der Waals surface area contributed by atoms with Gasteiger partial charge in [-0.05, 0) is 73.7 Å². The Morgan fingerprint density at radius 2 is 1.33 bits per heavy atom. The molecule has 7 heteroatoms. The first-order chi connectivity index (χ1) is 18.8. The van der Waals surface area contributed by atoms with Crippen molar-refractivity contribution in [2.24, 2.45) is 0 Å². The molecule has 1 heterocycles. The van der Waals surface area contributed by atoms with Crippen LogP contribution in [0.3, 0.4) is 0 Å². The lowest BCUT2D eigenvalue weighted by Gasteiger charge is -2.22. The highest BCUT2D eigenvalue weighted by atomic mass is 32.1. The minimum atomic E-state index is -1.26. The van der Waals surface area contributed by atoms with Crippen molar-refractivity contribution in [1.29, 1.82) is 0 Å². The average molecular weight is 545 g/mol. The van der Waals surface area contributed by atoms with Crippen molar-refractivity contribution in [3.05, 3.63) is 97.1 Å². The maximum atomic E-state index is 12.6. The summed E-state index contributed by atoms with van der Waals surface area (Å²) in [6.07, 6.45) is 9.94. The Morgan fingerprint density at radius 3 is 1.85 bits per heavy atom. The number of fused-ring (bicyclic) bond motifs is 3. The highest BCUT2D eigenvalue weighted by Crippen LogP contribution is 2.40. The third-order valence-corrected chi connectivity index (χ3v) is 7.87. The number of aryl methyl sites for hydroxylation is 2. The molecule has 3 aromatic rings. The van der Waals surface area contributed by atoms with Gasteiger partial charge in [-0.1, -0.05) is 30.4 Å². The first-order valence-electron chi connectivity index (χ1n) is 13.2. The van der Waals surface area contributed by atoms with E-state index >= 15 is 0 Å². The topological polar surface area (TPSA) is 86.7 Å². The third kappa shape index (κ3) is 7.53. The summed E-state index contributed by atoms with van der Waals surface area (Å²) in [6.45, 7) is 19.7. The number of carbonyl (C=O) groups is 2. The number of nitrogens with zero attached hydrogens (tertiary/aromatic N) is 2. The number of hydrogen-bond donors (Lipinski definition) is 0. The summed E-state index contributed by atoms with van der Waals surface area (Å²) in [5.74, 6) is -2.47. The van der Waals surface area contributed by atoms with Gasteiger partial charge in [-0.3, -0.25) is 9.80 Å². The number of carbonyl (C=O) groups excluding carboxylic acids is 2. The molecule has 0 atom stereocenters. The minimum absolute atomic E-state index is 0.0693. The third-order valence-electron chi connectivity index (χ3n) is 6.76. The lowest BCUT2D eigenvalue weighted by molar-refractivity contribution is -0.256. The molecule has 0 saturated heterocycles. The van der Waals surface area contributed by atoms with Gasteiger partial charge in [-0.2, -0.15) is 0 Å². The van der Waals surface area contributed by atoms with E-state index in [4.69, 9.17) is 0 Å². The van der Waals surface area contributed by atoms with E-state index in [-0.39, 0.29) is 11.1 Å². The maximum Gasteiger partial charge on any atom is 0.0721 e. The molecule has 0 amide bonds. The van der Waals surface area contributed by atoms with Gasteiger partial charge >= 0.3 is 0 Å². The number of rotatable bonds is 18. The summed E-state index contributed by atoms with van der Waals surface area (Å²) >= 11 is 1.54. The summed E-state index contributed by atoms with van der Waals surface area (Å²) in [7, 11) is 0. The number of thiophene rings is 1. The standard InChI is InChI=1S/C32H38N2O4S/c1-5-15-33(16-6-2)19-9-11-23-22-28-30(26-21-24(31(35)36)13-14-27(26)39-28)25(29(23)32(37)38)12-10-20-34(17-7-3)18-8-4/h5-8,13-14,21-22H,1-4,9-12,15-20H2,(H,35,36)(H,37,38)/p-2. The molecule has 3 rings (SSSR count). The van der Waals surface area contributed by atoms with Gasteiger partial charge < -0.3 is 19.8 Å². The van der Waals surface area contributed by atoms with E-state index in [0.29, 0.717) is 37.9 Å². The molecule has 0 fully saturated rings. The van der Waals surface area contributed by atoms with Gasteiger partial charge in [0.2, 0.25) is 0 Å². The number of carboxylic acid groups (broad SMARTS) is 2. The fourth-order valence-electron chi connectivity index (χ4n) is 5.12. The normalized spacial score (nSPS) is 11.3. The molecule has 206 valence electrons. The van der Waals surface area contributed by atoms with Gasteiger partial charge in [-0.15, -0.1) is 37.7 Å². The molecule has 0 radical (unpaired) electrons. The summed E-state index contributed by atoms with van der Waals surface area (Å²) in [4.78, 5) is 28.6. The van der Waals surface area contributed by atoms with Crippen molar-refractivity contribution < 1.29 is 19.8 Å². The average Bonchev–Trinajstić information content (AvgIpc) is 3.26. The van der Waals surface area contributed by atoms with Gasteiger partial charge in [0.25, 0.3) is 0 Å². The lowest BCUT2D eigenvalue weighted by Crippen LogP contribution is -2.28. The van der Waals surface area contributed by atoms with Crippen LogP contribution in [0.2, 0.25) is 0 Å². The van der Waals surface area contributed by atoms with E-state index in [1.807, 2.05) is 30.4 Å². The molecule has 0 saturated carbocycles. The quantitative estimate of drug-likeness (QED) is 0.225. The molecule has 2 aromatic carbocycles. The van der Waals surface area contributed by atoms with Crippen LogP contribution in [-0.2, 0) is 12.8 Å². The number of benzene rings is 2. The van der Waals surface area contributed by atoms with Crippen LogP contribution in [0.15, 0.2) is 74.9 Å². The molecule has 6 nitrogen and oxygen atoms in total. The Morgan fingerprint density at radius 1 is 0.769 bits per heavy atom. The molecule has 0 aliphatic carbocycles. The van der Waals surface area contributed by atoms with E-state index in [2.05, 4.69) is 36.1 Å². The van der Waals surface area contributed by atoms with Gasteiger partial charge in [0.1, 0.15) is 0 Å². The lowest BCUT2D eigenvalue weighted by atomic mass is 9.90. The van der Waals surface area contributed by atoms with Crippen molar-refractivity contribution in [2.75, 3.05) is 39.3 Å². The van der Waals surface area contributed by atoms with Gasteiger partial charge in [0.05, 0.1) is 11.9 Å². The first kappa shape index (κ1) is 30.0. The van der Waals surface area contributed by atoms with E-state index in [1.54, 1.807) is 23.5 Å². The van der Waals surface area contributed by atoms with Gasteiger partial charge in [-0.25, -0.2) is 0 Å². The summed E-state index contributed by atoms with van der Waals surface area (Å²) < 4.78 is 1.85. The molecule has 1 aromatic heterocycles. The summed E-state index contributed by atoms with van der Waals surface area (Å²) in [5, 5.41) is 25.8. The van der Waals surface area contributed by atoms with Crippen LogP contribution in [0.4, 0.5) is 0 Å². The van der Waals surface area contributed by atoms with Crippen LogP contribution in [0.1, 0.15) is 44.7 Å². The first-order valence-corrected chi connectivity index (χ1v) is 14.0. The van der Waals surface area contributed by atoms with Crippen LogP contribution < -0.4 is 10.2 Å². The van der Waals surface area contributed by atoms with Crippen molar-refractivity contribution in [1.82, 2.24) is 9.80 Å². The molecular weight excluding hydrogens is 508 g/mol. The Hall–Kier alpha value is -3.52. The molecular formula is C32H36N2O4S-2. The van der Waals surface area contributed by atoms with Gasteiger partial charge in [0.15, 0.2) is 0 Å². The fraction of sp³-hybridized carbons (Fsp3) is 0.312. The highest BCUT2D eigenvalue weighted by molar-refractivity contribution is 7.25. The Bertz CT molecular complexity index is 1350. The summed E-state index contributed by atoms with van der Waals surface area (Å²) in [6, 6.07) is 6.84. The van der Waals surface area contributed by atoms with E-state index < -0.39 is 11.9 Å². The second kappa shape index (κ2) is 14.6. The van der Waals surface area contributed by atoms with E-state index in [1.165, 1.54) is 6.07 Å². The maximum absolute atomic E-state index is 12.6. The van der Waals surface area contributed by atoms with Gasteiger partial charge in [0, 0.05) is 51.9 Å². The number of hydrogen-bond acceptors (Lipinski definition) is 7. The Kier molecular flexibility index (Phi) is 11.2. The second-order valence-corrected chi connectivity index (χ2v) is 10.6. The monoisotopic (exact) mass is 544 g/mol. The zero-order chi connectivity index (χ0) is 28.4. The largest absolute Gasteiger partial charge is 0.545 e. The minimum Gasteiger partial charge on any atom is -0.545 e. The van der Waals surface area contributed by atoms with Crippen molar-refractivity contribution in [3.63, 3.8) is 0 Å². The molecule has 0 aliphatic heterocycles. The van der Waals surface area contributed by atoms with Crippen molar-refractivity contribution in [3.8, 4) is 0 Å². The molecule has 0 bridgehead atoms. The number of carboxylic acids is 2. The highest BCUT2D eigenvalue weighted by Gasteiger charge is 2.19. The van der Waals surface area contributed by atoms with Crippen LogP contribution in [-0.4, -0.2) is 61.0 Å². The zero-order valence-electron chi connectivity index (χ0n) is 22.5. The summed E-state index contributed by atoms with van der Waals surface area (Å²) in [5.41, 5.74) is 1.74. The molecule has 39 heavy (non-hydrogen) atoms. The number of aromatic carboxylic acids is 2. The van der Waals surface area contributed by atoms with Crippen LogP contribution >= 0.6 is 11.3 Å². The predicted molar refractivity (Wildman–Crippen MR) is 158 cm³/mol. The second-order valence-electron chi connectivity index (χ2n) is 9.53. The van der Waals surface area contributed by atoms with Crippen LogP contribution in [0.25, 0.3) is 20.2 Å². The van der Waals surface area contributed by atoms with Crippen LogP contribution in [0, 0.1) is 0 Å². The molecule has 0 N–H and O–H groups in total. The van der Waals surface area contributed by atoms with Crippen LogP contribution in [0.5, 0.6) is 0 Å². The molecule has 0 aliphatic rings. The Labute approximate surface area is 234 Å². The molecule has 0 spiro atoms. The smallest absolute Gasteiger partial charge is 0.0721 e. The predicted octanol–water partition coefficient (Wildman–Crippen LogP) is 3.99. The van der Waals surface area contributed by atoms with Crippen molar-refractivity contribution in [2.45, 2.75) is 25.7 Å². The van der Waals surface area contributed by atoms with E-state index in [0.717, 1.165) is 58.3 Å². The molecule has 0 unspecified atom stereocenters. The Balaban J connectivity index is 2.08. The SMILES string of the molecule is C=CCN(CC=C)CCCc1cc2sc3ccc(C(=O)[O-])cc3c2c(CCCN(CC=C)CC=C)c1C(=O)[O-]. The fourth-order valence-corrected chi connectivity index (χ4v) is 6.30. The van der Waals surface area contributed by atoms with Crippen molar-refractivity contribution >= 4 is 43.4 Å². The van der Waals surface area contributed by atoms with E-state index in [9.17, 15) is 19.8 Å². The zero-order valence-corrected chi connectivity index (χ0v) is 23.3.